The average molecular weight is 296 g/mol. The van der Waals surface area contributed by atoms with E-state index < -0.39 is 0 Å². The van der Waals surface area contributed by atoms with Crippen LogP contribution in [-0.4, -0.2) is 13.1 Å². The third-order valence-corrected chi connectivity index (χ3v) is 3.32. The van der Waals surface area contributed by atoms with Crippen molar-refractivity contribution in [1.29, 1.82) is 0 Å². The van der Waals surface area contributed by atoms with Crippen molar-refractivity contribution in [2.45, 2.75) is 51.9 Å². The zero-order valence-electron chi connectivity index (χ0n) is 13.6. The highest BCUT2D eigenvalue weighted by atomic mass is 16.5. The first-order valence-electron chi connectivity index (χ1n) is 7.95. The number of hydrogen-bond donors (Lipinski definition) is 0. The van der Waals surface area contributed by atoms with Gasteiger partial charge in [-0.25, -0.2) is 4.79 Å². The molecule has 116 valence electrons. The number of rotatable bonds is 7. The Balaban J connectivity index is 2.30. The lowest BCUT2D eigenvalue weighted by atomic mass is 10.1. The maximum absolute atomic E-state index is 11.3. The minimum Gasteiger partial charge on any atom is -0.465 e. The van der Waals surface area contributed by atoms with E-state index in [0.717, 1.165) is 18.4 Å². The normalized spacial score (nSPS) is 9.18. The third-order valence-electron chi connectivity index (χ3n) is 3.32. The number of methoxy groups -OCH3 is 1. The molecule has 0 saturated carbocycles. The third kappa shape index (κ3) is 7.55. The summed E-state index contributed by atoms with van der Waals surface area (Å²) in [6.07, 6.45) is 8.62. The predicted molar refractivity (Wildman–Crippen MR) is 90.4 cm³/mol. The smallest absolute Gasteiger partial charge is 0.337 e. The Bertz CT molecular complexity index is 562. The van der Waals surface area contributed by atoms with E-state index in [-0.39, 0.29) is 5.97 Å². The monoisotopic (exact) mass is 296 g/mol. The highest BCUT2D eigenvalue weighted by Crippen LogP contribution is 2.06. The highest BCUT2D eigenvalue weighted by Gasteiger charge is 2.02. The number of unbranched alkanes of at least 4 members (excludes halogenated alkanes) is 6. The fraction of sp³-hybridized carbons (Fsp3) is 0.450. The van der Waals surface area contributed by atoms with Gasteiger partial charge >= 0.3 is 5.97 Å². The fourth-order valence-corrected chi connectivity index (χ4v) is 2.01. The lowest BCUT2D eigenvalue weighted by molar-refractivity contribution is 0.0600. The maximum Gasteiger partial charge on any atom is 0.337 e. The van der Waals surface area contributed by atoms with Crippen molar-refractivity contribution < 1.29 is 9.53 Å². The van der Waals surface area contributed by atoms with E-state index in [1.165, 1.54) is 39.2 Å². The Hall–Kier alpha value is -2.19. The van der Waals surface area contributed by atoms with Gasteiger partial charge in [-0.2, -0.15) is 0 Å². The van der Waals surface area contributed by atoms with E-state index in [1.807, 2.05) is 0 Å². The lowest BCUT2D eigenvalue weighted by Crippen LogP contribution is -2.00. The van der Waals surface area contributed by atoms with Crippen LogP contribution in [0.2, 0.25) is 0 Å². The van der Waals surface area contributed by atoms with Crippen LogP contribution in [0.3, 0.4) is 0 Å². The van der Waals surface area contributed by atoms with Crippen LogP contribution >= 0.6 is 0 Å². The predicted octanol–water partition coefficient (Wildman–Crippen LogP) is 4.58. The van der Waals surface area contributed by atoms with Gasteiger partial charge in [-0.1, -0.05) is 50.9 Å². The van der Waals surface area contributed by atoms with E-state index in [9.17, 15) is 4.79 Å². The second kappa shape index (κ2) is 11.5. The molecule has 0 N–H and O–H groups in total. The molecule has 22 heavy (non-hydrogen) atoms. The summed E-state index contributed by atoms with van der Waals surface area (Å²) in [4.78, 5) is 11.3. The molecule has 1 rings (SSSR count). The molecule has 0 aliphatic rings. The van der Waals surface area contributed by atoms with E-state index >= 15 is 0 Å². The zero-order valence-corrected chi connectivity index (χ0v) is 13.6. The number of carbonyl (C=O) groups excluding carboxylic acids is 1. The van der Waals surface area contributed by atoms with Crippen LogP contribution in [0.25, 0.3) is 0 Å². The molecule has 1 aromatic carbocycles. The average Bonchev–Trinajstić information content (AvgIpc) is 2.56. The van der Waals surface area contributed by atoms with Crippen molar-refractivity contribution in [2.24, 2.45) is 0 Å². The first kappa shape index (κ1) is 17.9. The molecule has 1 aromatic rings. The molecule has 2 nitrogen and oxygen atoms in total. The second-order valence-corrected chi connectivity index (χ2v) is 5.14. The molecule has 0 atom stereocenters. The molecule has 0 unspecified atom stereocenters. The Kier molecular flexibility index (Phi) is 9.31. The van der Waals surface area contributed by atoms with Crippen molar-refractivity contribution in [3.05, 3.63) is 35.4 Å². The second-order valence-electron chi connectivity index (χ2n) is 5.14. The summed E-state index contributed by atoms with van der Waals surface area (Å²) in [5.41, 5.74) is 1.38. The van der Waals surface area contributed by atoms with Crippen molar-refractivity contribution in [2.75, 3.05) is 7.11 Å². The van der Waals surface area contributed by atoms with E-state index in [0.29, 0.717) is 5.56 Å². The Labute approximate surface area is 134 Å². The van der Waals surface area contributed by atoms with Gasteiger partial charge in [0.05, 0.1) is 12.7 Å². The minimum absolute atomic E-state index is 0.335. The molecule has 0 aliphatic carbocycles. The van der Waals surface area contributed by atoms with Crippen LogP contribution in [0.5, 0.6) is 0 Å². The molecule has 0 fully saturated rings. The van der Waals surface area contributed by atoms with Gasteiger partial charge < -0.3 is 4.74 Å². The molecule has 0 saturated heterocycles. The molecular weight excluding hydrogens is 272 g/mol. The van der Waals surface area contributed by atoms with Gasteiger partial charge in [0.25, 0.3) is 0 Å². The first-order valence-corrected chi connectivity index (χ1v) is 7.95. The van der Waals surface area contributed by atoms with Crippen LogP contribution in [0, 0.1) is 23.7 Å². The molecule has 0 radical (unpaired) electrons. The van der Waals surface area contributed by atoms with Gasteiger partial charge in [-0.3, -0.25) is 0 Å². The van der Waals surface area contributed by atoms with Crippen molar-refractivity contribution in [3.63, 3.8) is 0 Å². The first-order chi connectivity index (χ1) is 10.8. The van der Waals surface area contributed by atoms with Crippen LogP contribution in [0.15, 0.2) is 24.3 Å². The summed E-state index contributed by atoms with van der Waals surface area (Å²) in [6, 6.07) is 7.02. The van der Waals surface area contributed by atoms with Crippen LogP contribution in [0.1, 0.15) is 67.8 Å². The SMILES string of the molecule is CCCCCCCCC#CC#Cc1ccc(C(=O)OC)cc1. The van der Waals surface area contributed by atoms with Crippen molar-refractivity contribution in [1.82, 2.24) is 0 Å². The van der Waals surface area contributed by atoms with Gasteiger partial charge in [-0.15, -0.1) is 0 Å². The van der Waals surface area contributed by atoms with Crippen LogP contribution in [0.4, 0.5) is 0 Å². The topological polar surface area (TPSA) is 26.3 Å². The van der Waals surface area contributed by atoms with Crippen LogP contribution < -0.4 is 0 Å². The van der Waals surface area contributed by atoms with Gasteiger partial charge in [0.2, 0.25) is 0 Å². The Morgan fingerprint density at radius 2 is 1.68 bits per heavy atom. The van der Waals surface area contributed by atoms with E-state index in [1.54, 1.807) is 24.3 Å². The highest BCUT2D eigenvalue weighted by molar-refractivity contribution is 5.89. The largest absolute Gasteiger partial charge is 0.465 e. The summed E-state index contributed by atoms with van der Waals surface area (Å²) in [7, 11) is 1.37. The van der Waals surface area contributed by atoms with Gasteiger partial charge in [0.15, 0.2) is 0 Å². The van der Waals surface area contributed by atoms with Gasteiger partial charge in [0.1, 0.15) is 0 Å². The van der Waals surface area contributed by atoms with E-state index in [4.69, 9.17) is 0 Å². The molecule has 0 spiro atoms. The molecular formula is C20H24O2. The Morgan fingerprint density at radius 3 is 2.36 bits per heavy atom. The summed E-state index contributed by atoms with van der Waals surface area (Å²) >= 11 is 0. The number of benzene rings is 1. The van der Waals surface area contributed by atoms with Crippen LogP contribution in [-0.2, 0) is 4.74 Å². The number of carbonyl (C=O) groups is 1. The summed E-state index contributed by atoms with van der Waals surface area (Å²) in [5.74, 6) is 11.5. The number of esters is 1. The maximum atomic E-state index is 11.3. The van der Waals surface area contributed by atoms with E-state index in [2.05, 4.69) is 35.3 Å². The summed E-state index contributed by atoms with van der Waals surface area (Å²) in [6.45, 7) is 2.23. The molecule has 0 aliphatic heterocycles. The summed E-state index contributed by atoms with van der Waals surface area (Å²) in [5, 5.41) is 0. The molecule has 0 heterocycles. The number of ether oxygens (including phenoxy) is 1. The van der Waals surface area contributed by atoms with Crippen molar-refractivity contribution in [3.8, 4) is 23.7 Å². The van der Waals surface area contributed by atoms with Crippen molar-refractivity contribution >= 4 is 5.97 Å². The Morgan fingerprint density at radius 1 is 1.00 bits per heavy atom. The zero-order chi connectivity index (χ0) is 16.0. The minimum atomic E-state index is -0.335. The van der Waals surface area contributed by atoms with Gasteiger partial charge in [-0.05, 0) is 42.5 Å². The molecule has 0 bridgehead atoms. The molecule has 0 amide bonds. The molecule has 0 aromatic heterocycles. The lowest BCUT2D eigenvalue weighted by Gasteiger charge is -1.97. The molecule has 2 heteroatoms. The fourth-order valence-electron chi connectivity index (χ4n) is 2.01. The quantitative estimate of drug-likeness (QED) is 0.418. The summed E-state index contributed by atoms with van der Waals surface area (Å²) < 4.78 is 4.65. The number of hydrogen-bond acceptors (Lipinski definition) is 2. The van der Waals surface area contributed by atoms with Gasteiger partial charge in [0, 0.05) is 12.0 Å². The standard InChI is InChI=1S/C20H24O2/c1-3-4-5-6-7-8-9-10-11-12-13-18-14-16-19(17-15-18)20(21)22-2/h14-17H,3-9H2,1-2H3.